The van der Waals surface area contributed by atoms with Crippen LogP contribution in [0, 0.1) is 0 Å². The molecule has 132 valence electrons. The van der Waals surface area contributed by atoms with Crippen LogP contribution in [0.5, 0.6) is 0 Å². The molecule has 0 amide bonds. The van der Waals surface area contributed by atoms with Gasteiger partial charge in [-0.25, -0.2) is 0 Å². The van der Waals surface area contributed by atoms with Gasteiger partial charge in [-0.2, -0.15) is 0 Å². The average Bonchev–Trinajstić information content (AvgIpc) is 2.73. The normalized spacial score (nSPS) is 19.9. The van der Waals surface area contributed by atoms with Gasteiger partial charge in [0.15, 0.2) is 0 Å². The lowest BCUT2D eigenvalue weighted by Gasteiger charge is -2.26. The topological polar surface area (TPSA) is 20.2 Å². The van der Waals surface area contributed by atoms with Crippen LogP contribution >= 0.6 is 0 Å². The van der Waals surface area contributed by atoms with Crippen molar-refractivity contribution < 1.29 is 5.11 Å². The van der Waals surface area contributed by atoms with Gasteiger partial charge in [0, 0.05) is 0 Å². The summed E-state index contributed by atoms with van der Waals surface area (Å²) in [5.41, 5.74) is 6.41. The quantitative estimate of drug-likeness (QED) is 0.614. The molecule has 0 saturated heterocycles. The van der Waals surface area contributed by atoms with E-state index in [9.17, 15) is 5.11 Å². The fraction of sp³-hybridized carbons (Fsp3) is 0.0769. The van der Waals surface area contributed by atoms with Crippen LogP contribution in [-0.2, 0) is 0 Å². The summed E-state index contributed by atoms with van der Waals surface area (Å²) in [6.45, 7) is 0. The van der Waals surface area contributed by atoms with Gasteiger partial charge >= 0.3 is 0 Å². The van der Waals surface area contributed by atoms with E-state index in [1.807, 2.05) is 54.6 Å². The molecule has 3 aromatic rings. The zero-order valence-corrected chi connectivity index (χ0v) is 15.1. The maximum absolute atomic E-state index is 11.2. The minimum atomic E-state index is -0.620. The van der Waals surface area contributed by atoms with E-state index in [-0.39, 0.29) is 0 Å². The minimum Gasteiger partial charge on any atom is -0.384 e. The van der Waals surface area contributed by atoms with Crippen molar-refractivity contribution >= 4 is 17.7 Å². The Kier molecular flexibility index (Phi) is 5.13. The number of hydrogen-bond donors (Lipinski definition) is 1. The van der Waals surface area contributed by atoms with E-state index in [0.29, 0.717) is 0 Å². The Morgan fingerprint density at radius 3 is 1.78 bits per heavy atom. The van der Waals surface area contributed by atoms with Crippen LogP contribution < -0.4 is 0 Å². The first-order valence-corrected chi connectivity index (χ1v) is 9.27. The molecule has 1 N–H and O–H groups in total. The van der Waals surface area contributed by atoms with Crippen molar-refractivity contribution in [2.24, 2.45) is 0 Å². The van der Waals surface area contributed by atoms with E-state index in [0.717, 1.165) is 39.8 Å². The third kappa shape index (κ3) is 3.99. The van der Waals surface area contributed by atoms with Crippen molar-refractivity contribution in [2.45, 2.75) is 12.5 Å². The average molecular weight is 350 g/mol. The summed E-state index contributed by atoms with van der Waals surface area (Å²) in [7, 11) is 0. The fourth-order valence-corrected chi connectivity index (χ4v) is 3.49. The van der Waals surface area contributed by atoms with Gasteiger partial charge in [-0.3, -0.25) is 0 Å². The Labute approximate surface area is 160 Å². The van der Waals surface area contributed by atoms with Crippen LogP contribution in [0.1, 0.15) is 23.1 Å². The molecule has 0 bridgehead atoms. The molecule has 1 unspecified atom stereocenters. The summed E-state index contributed by atoms with van der Waals surface area (Å²) < 4.78 is 0. The Bertz CT molecular complexity index is 980. The summed E-state index contributed by atoms with van der Waals surface area (Å²) in [6.07, 6.45) is 6.55. The zero-order valence-electron chi connectivity index (χ0n) is 15.1. The first-order valence-electron chi connectivity index (χ1n) is 9.27. The third-order valence-corrected chi connectivity index (χ3v) is 4.86. The molecule has 0 radical (unpaired) electrons. The predicted octanol–water partition coefficient (Wildman–Crippen LogP) is 6.00. The van der Waals surface area contributed by atoms with Crippen molar-refractivity contribution in [2.75, 3.05) is 0 Å². The number of hydrogen-bond acceptors (Lipinski definition) is 1. The molecular weight excluding hydrogens is 328 g/mol. The van der Waals surface area contributed by atoms with Gasteiger partial charge in [0.1, 0.15) is 6.10 Å². The highest BCUT2D eigenvalue weighted by Crippen LogP contribution is 2.37. The van der Waals surface area contributed by atoms with Gasteiger partial charge in [-0.1, -0.05) is 103 Å². The summed E-state index contributed by atoms with van der Waals surface area (Å²) in [5, 5.41) is 11.2. The molecule has 1 atom stereocenters. The van der Waals surface area contributed by atoms with E-state index in [2.05, 4.69) is 54.6 Å². The number of benzene rings is 3. The molecule has 4 rings (SSSR count). The first-order chi connectivity index (χ1) is 13.3. The molecular formula is C26H22O. The van der Waals surface area contributed by atoms with Crippen molar-refractivity contribution in [3.8, 4) is 0 Å². The Morgan fingerprint density at radius 1 is 0.667 bits per heavy atom. The van der Waals surface area contributed by atoms with Crippen molar-refractivity contribution in [1.82, 2.24) is 0 Å². The Balaban J connectivity index is 1.79. The lowest BCUT2D eigenvalue weighted by Crippen LogP contribution is -2.18. The maximum atomic E-state index is 11.2. The Hall–Kier alpha value is -3.16. The standard InChI is InChI=1S/C26H22O/c27-26-23(18-20-10-4-1-5-11-20)16-17-24(22-14-8-3-9-15-22)25(26)19-21-12-6-2-7-13-21/h1-15,17-19,26-27H,16H2. The molecule has 1 aliphatic rings. The first kappa shape index (κ1) is 17.3. The molecule has 1 nitrogen and oxygen atoms in total. The largest absolute Gasteiger partial charge is 0.384 e. The van der Waals surface area contributed by atoms with Crippen LogP contribution in [0.25, 0.3) is 17.7 Å². The molecule has 1 heteroatoms. The lowest BCUT2D eigenvalue weighted by atomic mass is 9.82. The smallest absolute Gasteiger partial charge is 0.101 e. The molecule has 0 aromatic heterocycles. The summed E-state index contributed by atoms with van der Waals surface area (Å²) >= 11 is 0. The van der Waals surface area contributed by atoms with Crippen LogP contribution in [0.15, 0.2) is 108 Å². The molecule has 3 aromatic carbocycles. The SMILES string of the molecule is OC1C(=Cc2ccccc2)CC=C(c2ccccc2)C1=Cc1ccccc1. The van der Waals surface area contributed by atoms with Crippen LogP contribution in [0.3, 0.4) is 0 Å². The molecule has 0 saturated carbocycles. The summed E-state index contributed by atoms with van der Waals surface area (Å²) in [5.74, 6) is 0. The van der Waals surface area contributed by atoms with E-state index < -0.39 is 6.10 Å². The highest BCUT2D eigenvalue weighted by molar-refractivity contribution is 5.88. The van der Waals surface area contributed by atoms with E-state index in [1.165, 1.54) is 0 Å². The van der Waals surface area contributed by atoms with Gasteiger partial charge < -0.3 is 5.11 Å². The van der Waals surface area contributed by atoms with Gasteiger partial charge in [0.05, 0.1) is 0 Å². The molecule has 1 aliphatic carbocycles. The number of rotatable bonds is 3. The summed E-state index contributed by atoms with van der Waals surface area (Å²) in [4.78, 5) is 0. The van der Waals surface area contributed by atoms with Crippen molar-refractivity contribution in [3.63, 3.8) is 0 Å². The van der Waals surface area contributed by atoms with E-state index in [1.54, 1.807) is 0 Å². The number of allylic oxidation sites excluding steroid dienone is 1. The zero-order chi connectivity index (χ0) is 18.5. The van der Waals surface area contributed by atoms with Gasteiger partial charge in [0.2, 0.25) is 0 Å². The highest BCUT2D eigenvalue weighted by Gasteiger charge is 2.24. The number of aliphatic hydroxyl groups is 1. The third-order valence-electron chi connectivity index (χ3n) is 4.86. The lowest BCUT2D eigenvalue weighted by molar-refractivity contribution is 0.249. The van der Waals surface area contributed by atoms with Crippen LogP contribution in [0.4, 0.5) is 0 Å². The predicted molar refractivity (Wildman–Crippen MR) is 114 cm³/mol. The monoisotopic (exact) mass is 350 g/mol. The molecule has 0 aliphatic heterocycles. The minimum absolute atomic E-state index is 0.620. The molecule has 0 fully saturated rings. The second-order valence-electron chi connectivity index (χ2n) is 6.73. The van der Waals surface area contributed by atoms with E-state index in [4.69, 9.17) is 0 Å². The van der Waals surface area contributed by atoms with Gasteiger partial charge in [0.25, 0.3) is 0 Å². The maximum Gasteiger partial charge on any atom is 0.101 e. The molecule has 0 heterocycles. The molecule has 0 spiro atoms. The van der Waals surface area contributed by atoms with Crippen LogP contribution in [0.2, 0.25) is 0 Å². The van der Waals surface area contributed by atoms with Crippen LogP contribution in [-0.4, -0.2) is 11.2 Å². The van der Waals surface area contributed by atoms with E-state index >= 15 is 0 Å². The summed E-state index contributed by atoms with van der Waals surface area (Å²) in [6, 6.07) is 30.7. The second kappa shape index (κ2) is 8.03. The highest BCUT2D eigenvalue weighted by atomic mass is 16.3. The van der Waals surface area contributed by atoms with Gasteiger partial charge in [-0.15, -0.1) is 0 Å². The van der Waals surface area contributed by atoms with Crippen molar-refractivity contribution in [3.05, 3.63) is 125 Å². The second-order valence-corrected chi connectivity index (χ2v) is 6.73. The number of aliphatic hydroxyl groups excluding tert-OH is 1. The molecule has 27 heavy (non-hydrogen) atoms. The van der Waals surface area contributed by atoms with Gasteiger partial charge in [-0.05, 0) is 45.9 Å². The Morgan fingerprint density at radius 2 is 1.19 bits per heavy atom. The van der Waals surface area contributed by atoms with Crippen molar-refractivity contribution in [1.29, 1.82) is 0 Å². The fourth-order valence-electron chi connectivity index (χ4n) is 3.49.